The number of amides is 4. The number of nitrogens with one attached hydrogen (secondary N) is 1. The van der Waals surface area contributed by atoms with Gasteiger partial charge in [0.15, 0.2) is 0 Å². The Kier molecular flexibility index (Phi) is 8.33. The van der Waals surface area contributed by atoms with E-state index < -0.39 is 12.2 Å². The highest BCUT2D eigenvalue weighted by molar-refractivity contribution is 5.92. The lowest BCUT2D eigenvalue weighted by atomic mass is 9.99. The fraction of sp³-hybridized carbons (Fsp3) is 0.294. The molecular weight excluding hydrogens is 540 g/mol. The second-order valence-electron chi connectivity index (χ2n) is 11.1. The third-order valence-corrected chi connectivity index (χ3v) is 8.20. The summed E-state index contributed by atoms with van der Waals surface area (Å²) in [5.41, 5.74) is 3.84. The second-order valence-corrected chi connectivity index (χ2v) is 11.1. The van der Waals surface area contributed by atoms with Gasteiger partial charge in [-0.15, -0.1) is 0 Å². The van der Waals surface area contributed by atoms with Crippen molar-refractivity contribution in [2.24, 2.45) is 0 Å². The average Bonchev–Trinajstić information content (AvgIpc) is 3.36. The van der Waals surface area contributed by atoms with Crippen LogP contribution in [0.3, 0.4) is 0 Å². The minimum absolute atomic E-state index is 0.0357. The van der Waals surface area contributed by atoms with Crippen LogP contribution in [-0.4, -0.2) is 74.5 Å². The number of hydrogen-bond acceptors (Lipinski definition) is 5. The molecule has 2 saturated heterocycles. The number of pyridine rings is 1. The summed E-state index contributed by atoms with van der Waals surface area (Å²) in [6.07, 6.45) is 2.41. The van der Waals surface area contributed by atoms with Crippen LogP contribution in [0.2, 0.25) is 0 Å². The molecule has 0 saturated carbocycles. The lowest BCUT2D eigenvalue weighted by Crippen LogP contribution is -2.66. The molecule has 1 aromatic heterocycles. The minimum atomic E-state index is -0.678. The summed E-state index contributed by atoms with van der Waals surface area (Å²) in [6, 6.07) is 28.5. The first-order valence-corrected chi connectivity index (χ1v) is 14.9. The van der Waals surface area contributed by atoms with Gasteiger partial charge in [0.2, 0.25) is 11.8 Å². The van der Waals surface area contributed by atoms with Crippen molar-refractivity contribution in [2.45, 2.75) is 45.1 Å². The van der Waals surface area contributed by atoms with Crippen molar-refractivity contribution >= 4 is 28.7 Å². The third-order valence-electron chi connectivity index (χ3n) is 8.20. The predicted molar refractivity (Wildman–Crippen MR) is 164 cm³/mol. The summed E-state index contributed by atoms with van der Waals surface area (Å²) in [5, 5.41) is 7.53. The van der Waals surface area contributed by atoms with Gasteiger partial charge >= 0.3 is 6.03 Å². The van der Waals surface area contributed by atoms with Gasteiger partial charge in [-0.25, -0.2) is 4.79 Å². The highest BCUT2D eigenvalue weighted by Gasteiger charge is 2.52. The number of urea groups is 1. The van der Waals surface area contributed by atoms with Gasteiger partial charge in [-0.3, -0.25) is 19.6 Å². The predicted octanol–water partition coefficient (Wildman–Crippen LogP) is 4.20. The van der Waals surface area contributed by atoms with E-state index in [0.29, 0.717) is 32.6 Å². The van der Waals surface area contributed by atoms with Crippen molar-refractivity contribution < 1.29 is 14.4 Å². The Morgan fingerprint density at radius 1 is 0.930 bits per heavy atom. The van der Waals surface area contributed by atoms with Crippen molar-refractivity contribution in [1.29, 1.82) is 0 Å². The van der Waals surface area contributed by atoms with E-state index in [4.69, 9.17) is 0 Å². The van der Waals surface area contributed by atoms with E-state index in [-0.39, 0.29) is 24.4 Å². The molecule has 0 bridgehead atoms. The topological polar surface area (TPSA) is 89.1 Å². The molecule has 9 heteroatoms. The molecule has 3 heterocycles. The van der Waals surface area contributed by atoms with E-state index in [2.05, 4.69) is 10.3 Å². The molecule has 43 heavy (non-hydrogen) atoms. The van der Waals surface area contributed by atoms with Crippen molar-refractivity contribution in [3.63, 3.8) is 0 Å². The fourth-order valence-corrected chi connectivity index (χ4v) is 6.16. The zero-order valence-electron chi connectivity index (χ0n) is 24.3. The van der Waals surface area contributed by atoms with Crippen LogP contribution in [0.5, 0.6) is 0 Å². The molecule has 4 amide bonds. The van der Waals surface area contributed by atoms with E-state index in [1.54, 1.807) is 16.1 Å². The lowest BCUT2D eigenvalue weighted by molar-refractivity contribution is -0.157. The van der Waals surface area contributed by atoms with Crippen LogP contribution in [0, 0.1) is 0 Å². The Hall–Kier alpha value is -4.76. The Morgan fingerprint density at radius 3 is 2.42 bits per heavy atom. The number of aromatic nitrogens is 1. The monoisotopic (exact) mass is 576 g/mol. The zero-order chi connectivity index (χ0) is 29.8. The second kappa shape index (κ2) is 12.6. The van der Waals surface area contributed by atoms with Gasteiger partial charge in [-0.2, -0.15) is 5.01 Å². The fourth-order valence-electron chi connectivity index (χ4n) is 6.16. The molecule has 0 aliphatic carbocycles. The molecule has 4 aromatic rings. The summed E-state index contributed by atoms with van der Waals surface area (Å²) >= 11 is 0. The molecule has 2 fully saturated rings. The summed E-state index contributed by atoms with van der Waals surface area (Å²) in [4.78, 5) is 49.4. The van der Waals surface area contributed by atoms with Gasteiger partial charge in [0.25, 0.3) is 0 Å². The summed E-state index contributed by atoms with van der Waals surface area (Å²) in [5.74, 6) is -0.239. The minimum Gasteiger partial charge on any atom is -0.333 e. The highest BCUT2D eigenvalue weighted by Crippen LogP contribution is 2.31. The normalized spacial score (nSPS) is 18.6. The Labute approximate surface area is 251 Å². The summed E-state index contributed by atoms with van der Waals surface area (Å²) < 4.78 is 0. The van der Waals surface area contributed by atoms with Crippen LogP contribution in [-0.2, 0) is 29.1 Å². The molecule has 0 unspecified atom stereocenters. The molecule has 0 spiro atoms. The smallest absolute Gasteiger partial charge is 0.332 e. The number of carbonyl (C=O) groups is 3. The standard InChI is InChI=1S/C34H36N6O3/c1-2-19-38(34(43)36-21-26-13-7-4-8-14-26)39-24-32(41)40-30(20-25-11-5-3-6-12-25)33(42)37(23-31(39)40)22-27-15-9-17-29-28(27)16-10-18-35-29/h3-18,30-31H,2,19-24H2,1H3,(H,36,43)/t30-,31+/m0/s1. The van der Waals surface area contributed by atoms with Gasteiger partial charge in [-0.05, 0) is 35.2 Å². The van der Waals surface area contributed by atoms with Crippen molar-refractivity contribution in [2.75, 3.05) is 19.6 Å². The first-order valence-electron chi connectivity index (χ1n) is 14.9. The number of hydrazine groups is 1. The first-order chi connectivity index (χ1) is 21.0. The van der Waals surface area contributed by atoms with Gasteiger partial charge < -0.3 is 15.1 Å². The van der Waals surface area contributed by atoms with E-state index in [9.17, 15) is 14.4 Å². The van der Waals surface area contributed by atoms with Crippen LogP contribution in [0.25, 0.3) is 10.9 Å². The van der Waals surface area contributed by atoms with E-state index in [1.807, 2.05) is 108 Å². The van der Waals surface area contributed by atoms with E-state index in [1.165, 1.54) is 0 Å². The third kappa shape index (κ3) is 5.94. The number of fused-ring (bicyclic) bond motifs is 2. The molecule has 2 aliphatic rings. The largest absolute Gasteiger partial charge is 0.333 e. The SMILES string of the molecule is CCCN(C(=O)NCc1ccccc1)N1CC(=O)N2[C@@H](Cc3ccccc3)C(=O)N(Cc3cccc4ncccc34)C[C@@H]21. The quantitative estimate of drug-likeness (QED) is 0.323. The highest BCUT2D eigenvalue weighted by atomic mass is 16.2. The van der Waals surface area contributed by atoms with Gasteiger partial charge in [0.1, 0.15) is 12.2 Å². The number of hydrogen-bond donors (Lipinski definition) is 1. The number of piperazine rings is 1. The number of benzene rings is 3. The Bertz CT molecular complexity index is 1590. The lowest BCUT2D eigenvalue weighted by Gasteiger charge is -2.46. The maximum atomic E-state index is 14.2. The van der Waals surface area contributed by atoms with Crippen LogP contribution < -0.4 is 5.32 Å². The number of nitrogens with zero attached hydrogens (tertiary/aromatic N) is 5. The van der Waals surface area contributed by atoms with E-state index in [0.717, 1.165) is 34.0 Å². The molecule has 3 aromatic carbocycles. The van der Waals surface area contributed by atoms with Crippen LogP contribution in [0.15, 0.2) is 97.2 Å². The summed E-state index contributed by atoms with van der Waals surface area (Å²) in [6.45, 7) is 3.55. The maximum absolute atomic E-state index is 14.2. The molecular formula is C34H36N6O3. The van der Waals surface area contributed by atoms with Gasteiger partial charge in [-0.1, -0.05) is 85.8 Å². The van der Waals surface area contributed by atoms with Crippen molar-refractivity contribution in [1.82, 2.24) is 30.1 Å². The van der Waals surface area contributed by atoms with Crippen LogP contribution in [0.4, 0.5) is 4.79 Å². The Balaban J connectivity index is 1.31. The number of rotatable bonds is 9. The van der Waals surface area contributed by atoms with Crippen LogP contribution >= 0.6 is 0 Å². The maximum Gasteiger partial charge on any atom is 0.332 e. The average molecular weight is 577 g/mol. The molecule has 2 atom stereocenters. The Morgan fingerprint density at radius 2 is 1.67 bits per heavy atom. The zero-order valence-corrected chi connectivity index (χ0v) is 24.3. The summed E-state index contributed by atoms with van der Waals surface area (Å²) in [7, 11) is 0. The van der Waals surface area contributed by atoms with E-state index >= 15 is 0 Å². The molecule has 9 nitrogen and oxygen atoms in total. The molecule has 1 N–H and O–H groups in total. The molecule has 2 aliphatic heterocycles. The molecule has 0 radical (unpaired) electrons. The van der Waals surface area contributed by atoms with Crippen LogP contribution in [0.1, 0.15) is 30.0 Å². The van der Waals surface area contributed by atoms with Crippen molar-refractivity contribution in [3.8, 4) is 0 Å². The van der Waals surface area contributed by atoms with Gasteiger partial charge in [0.05, 0.1) is 18.6 Å². The molecule has 6 rings (SSSR count). The first kappa shape index (κ1) is 28.4. The molecule has 220 valence electrons. The number of carbonyl (C=O) groups excluding carboxylic acids is 3. The van der Waals surface area contributed by atoms with Crippen molar-refractivity contribution in [3.05, 3.63) is 114 Å². The van der Waals surface area contributed by atoms with Gasteiger partial charge in [0, 0.05) is 37.6 Å².